The molecule has 0 saturated carbocycles. The van der Waals surface area contributed by atoms with E-state index in [-0.39, 0.29) is 37.3 Å². The molecule has 0 unspecified atom stereocenters. The van der Waals surface area contributed by atoms with Crippen molar-refractivity contribution in [3.05, 3.63) is 0 Å². The van der Waals surface area contributed by atoms with Crippen LogP contribution in [0.3, 0.4) is 0 Å². The average molecular weight is 246 g/mol. The van der Waals surface area contributed by atoms with Crippen LogP contribution in [-0.2, 0) is 4.79 Å². The first-order chi connectivity index (χ1) is 5.61. The minimum Gasteiger partial charge on any atom is -0.341 e. The van der Waals surface area contributed by atoms with E-state index in [9.17, 15) is 4.79 Å². The largest absolute Gasteiger partial charge is 0.341 e. The molecule has 0 aromatic rings. The number of likely N-dealkylation sites (N-methyl/N-ethyl adjacent to an activating group) is 2. The van der Waals surface area contributed by atoms with Gasteiger partial charge in [-0.1, -0.05) is 0 Å². The maximum Gasteiger partial charge on any atom is 0.236 e. The predicted octanol–water partition coefficient (Wildman–Crippen LogP) is 0.199. The smallest absolute Gasteiger partial charge is 0.236 e. The number of nitrogens with zero attached hydrogens (tertiary/aromatic N) is 2. The third-order valence-corrected chi connectivity index (χ3v) is 1.73. The van der Waals surface area contributed by atoms with Crippen molar-refractivity contribution in [1.82, 2.24) is 9.80 Å². The van der Waals surface area contributed by atoms with Gasteiger partial charge in [0.15, 0.2) is 0 Å². The molecule has 0 spiro atoms. The number of carbonyl (C=O) groups excluding carboxylic acids is 1. The third-order valence-electron chi connectivity index (χ3n) is 1.73. The number of nitrogens with two attached hydrogens (primary N) is 1. The zero-order valence-electron chi connectivity index (χ0n) is 9.02. The van der Waals surface area contributed by atoms with E-state index >= 15 is 0 Å². The first-order valence-corrected chi connectivity index (χ1v) is 4.24. The fourth-order valence-corrected chi connectivity index (χ4v) is 0.909. The van der Waals surface area contributed by atoms with Crippen LogP contribution in [-0.4, -0.2) is 56.0 Å². The summed E-state index contributed by atoms with van der Waals surface area (Å²) in [6.07, 6.45) is 0. The van der Waals surface area contributed by atoms with Gasteiger partial charge in [0, 0.05) is 19.6 Å². The Hall–Kier alpha value is -0.0300. The highest BCUT2D eigenvalue weighted by molar-refractivity contribution is 5.85. The summed E-state index contributed by atoms with van der Waals surface area (Å²) in [6.45, 7) is 4.47. The summed E-state index contributed by atoms with van der Waals surface area (Å²) in [5, 5.41) is 0. The maximum absolute atomic E-state index is 11.1. The summed E-state index contributed by atoms with van der Waals surface area (Å²) in [5.74, 6) is 0.0272. The van der Waals surface area contributed by atoms with E-state index in [1.807, 2.05) is 25.9 Å². The average Bonchev–Trinajstić information content (AvgIpc) is 2.04. The van der Waals surface area contributed by atoms with Crippen molar-refractivity contribution >= 4 is 30.7 Å². The Labute approximate surface area is 98.6 Å². The Bertz CT molecular complexity index is 145. The van der Waals surface area contributed by atoms with E-state index in [0.29, 0.717) is 0 Å². The van der Waals surface area contributed by atoms with Gasteiger partial charge < -0.3 is 15.5 Å². The minimum absolute atomic E-state index is 0. The van der Waals surface area contributed by atoms with Crippen molar-refractivity contribution < 1.29 is 4.79 Å². The van der Waals surface area contributed by atoms with Gasteiger partial charge in [-0.2, -0.15) is 0 Å². The number of hydrogen-bond donors (Lipinski definition) is 1. The van der Waals surface area contributed by atoms with Gasteiger partial charge in [-0.3, -0.25) is 4.79 Å². The molecular formula is C8H21Cl2N3O. The molecule has 6 heteroatoms. The highest BCUT2D eigenvalue weighted by Gasteiger charge is 2.08. The van der Waals surface area contributed by atoms with Crippen molar-refractivity contribution in [1.29, 1.82) is 0 Å². The molecule has 1 amide bonds. The Balaban J connectivity index is -0.000000605. The van der Waals surface area contributed by atoms with Gasteiger partial charge in [-0.05, 0) is 21.0 Å². The molecule has 0 aromatic carbocycles. The number of rotatable bonds is 5. The molecule has 0 bridgehead atoms. The monoisotopic (exact) mass is 245 g/mol. The van der Waals surface area contributed by atoms with E-state index in [1.54, 1.807) is 4.90 Å². The van der Waals surface area contributed by atoms with Crippen LogP contribution in [0.15, 0.2) is 0 Å². The van der Waals surface area contributed by atoms with Crippen LogP contribution in [0.1, 0.15) is 6.92 Å². The summed E-state index contributed by atoms with van der Waals surface area (Å²) in [6, 6.07) is 0. The molecule has 4 nitrogen and oxygen atoms in total. The number of carbonyl (C=O) groups is 1. The van der Waals surface area contributed by atoms with Crippen LogP contribution in [0.5, 0.6) is 0 Å². The van der Waals surface area contributed by atoms with Gasteiger partial charge in [-0.15, -0.1) is 24.8 Å². The highest BCUT2D eigenvalue weighted by Crippen LogP contribution is 1.88. The standard InChI is InChI=1S/C8H19N3O.2ClH/c1-4-11(8(12)7-9)6-5-10(2)3;;/h4-7,9H2,1-3H3;2*1H. The Kier molecular flexibility index (Phi) is 15.4. The van der Waals surface area contributed by atoms with E-state index in [1.165, 1.54) is 0 Å². The lowest BCUT2D eigenvalue weighted by Gasteiger charge is -2.21. The van der Waals surface area contributed by atoms with Gasteiger partial charge >= 0.3 is 0 Å². The zero-order valence-corrected chi connectivity index (χ0v) is 10.7. The van der Waals surface area contributed by atoms with Crippen LogP contribution >= 0.6 is 24.8 Å². The molecule has 14 heavy (non-hydrogen) atoms. The maximum atomic E-state index is 11.1. The molecule has 2 N–H and O–H groups in total. The number of hydrogen-bond acceptors (Lipinski definition) is 3. The fourth-order valence-electron chi connectivity index (χ4n) is 0.909. The molecule has 0 rings (SSSR count). The molecule has 0 aromatic heterocycles. The van der Waals surface area contributed by atoms with Crippen molar-refractivity contribution in [2.75, 3.05) is 40.3 Å². The van der Waals surface area contributed by atoms with Gasteiger partial charge in [0.2, 0.25) is 5.91 Å². The van der Waals surface area contributed by atoms with Crippen molar-refractivity contribution in [2.45, 2.75) is 6.92 Å². The molecule has 0 atom stereocenters. The first-order valence-electron chi connectivity index (χ1n) is 4.24. The zero-order chi connectivity index (χ0) is 9.56. The van der Waals surface area contributed by atoms with Crippen LogP contribution in [0, 0.1) is 0 Å². The molecule has 0 saturated heterocycles. The molecule has 88 valence electrons. The number of halogens is 2. The molecular weight excluding hydrogens is 225 g/mol. The van der Waals surface area contributed by atoms with Gasteiger partial charge in [0.1, 0.15) is 0 Å². The van der Waals surface area contributed by atoms with Gasteiger partial charge in [0.25, 0.3) is 0 Å². The van der Waals surface area contributed by atoms with Crippen LogP contribution < -0.4 is 5.73 Å². The Morgan fingerprint density at radius 2 is 1.71 bits per heavy atom. The SMILES string of the molecule is CCN(CCN(C)C)C(=O)CN.Cl.Cl. The molecule has 0 aliphatic carbocycles. The third kappa shape index (κ3) is 8.56. The molecule has 0 aliphatic heterocycles. The molecule has 0 heterocycles. The lowest BCUT2D eigenvalue weighted by atomic mass is 10.4. The lowest BCUT2D eigenvalue weighted by Crippen LogP contribution is -2.39. The molecule has 0 aliphatic rings. The summed E-state index contributed by atoms with van der Waals surface area (Å²) in [4.78, 5) is 14.9. The van der Waals surface area contributed by atoms with Gasteiger partial charge in [-0.25, -0.2) is 0 Å². The van der Waals surface area contributed by atoms with Crippen LogP contribution in [0.25, 0.3) is 0 Å². The normalized spacial score (nSPS) is 8.93. The quantitative estimate of drug-likeness (QED) is 0.753. The number of amides is 1. The summed E-state index contributed by atoms with van der Waals surface area (Å²) in [7, 11) is 3.97. The summed E-state index contributed by atoms with van der Waals surface area (Å²) >= 11 is 0. The van der Waals surface area contributed by atoms with Gasteiger partial charge in [0.05, 0.1) is 6.54 Å². The van der Waals surface area contributed by atoms with Crippen LogP contribution in [0.4, 0.5) is 0 Å². The van der Waals surface area contributed by atoms with E-state index in [4.69, 9.17) is 5.73 Å². The summed E-state index contributed by atoms with van der Waals surface area (Å²) in [5.41, 5.74) is 5.25. The fraction of sp³-hybridized carbons (Fsp3) is 0.875. The topological polar surface area (TPSA) is 49.6 Å². The van der Waals surface area contributed by atoms with E-state index in [0.717, 1.165) is 19.6 Å². The van der Waals surface area contributed by atoms with Crippen LogP contribution in [0.2, 0.25) is 0 Å². The Morgan fingerprint density at radius 1 is 1.21 bits per heavy atom. The second kappa shape index (κ2) is 11.0. The molecule has 0 radical (unpaired) electrons. The predicted molar refractivity (Wildman–Crippen MR) is 64.4 cm³/mol. The van der Waals surface area contributed by atoms with E-state index in [2.05, 4.69) is 0 Å². The second-order valence-corrected chi connectivity index (χ2v) is 2.98. The lowest BCUT2D eigenvalue weighted by molar-refractivity contribution is -0.129. The highest BCUT2D eigenvalue weighted by atomic mass is 35.5. The van der Waals surface area contributed by atoms with Crippen molar-refractivity contribution in [3.8, 4) is 0 Å². The van der Waals surface area contributed by atoms with Crippen molar-refractivity contribution in [2.24, 2.45) is 5.73 Å². The van der Waals surface area contributed by atoms with Crippen molar-refractivity contribution in [3.63, 3.8) is 0 Å². The van der Waals surface area contributed by atoms with E-state index < -0.39 is 0 Å². The Morgan fingerprint density at radius 3 is 2.00 bits per heavy atom. The first kappa shape index (κ1) is 19.5. The summed E-state index contributed by atoms with van der Waals surface area (Å²) < 4.78 is 0. The second-order valence-electron chi connectivity index (χ2n) is 2.98. The minimum atomic E-state index is 0. The molecule has 0 fully saturated rings.